The molecule has 0 aromatic heterocycles. The number of nitrogens with one attached hydrogen (secondary N) is 2. The molecule has 0 spiro atoms. The minimum absolute atomic E-state index is 0.0345. The zero-order chi connectivity index (χ0) is 15.3. The molecule has 4 nitrogen and oxygen atoms in total. The summed E-state index contributed by atoms with van der Waals surface area (Å²) < 4.78 is 40.6. The van der Waals surface area contributed by atoms with Gasteiger partial charge in [0.15, 0.2) is 0 Å². The Labute approximate surface area is 124 Å². The fraction of sp³-hybridized carbons (Fsp3) is 0.200. The van der Waals surface area contributed by atoms with Gasteiger partial charge in [0.1, 0.15) is 5.82 Å². The van der Waals surface area contributed by atoms with E-state index in [4.69, 9.17) is 0 Å². The Morgan fingerprint density at radius 2 is 1.76 bits per heavy atom. The van der Waals surface area contributed by atoms with E-state index in [9.17, 15) is 12.8 Å². The van der Waals surface area contributed by atoms with Gasteiger partial charge in [-0.3, -0.25) is 0 Å². The molecule has 2 aromatic carbocycles. The molecule has 0 unspecified atom stereocenters. The first-order chi connectivity index (χ1) is 10.0. The molecule has 0 radical (unpaired) electrons. The largest absolute Gasteiger partial charge is 0.316 e. The molecule has 0 amide bonds. The van der Waals surface area contributed by atoms with Crippen LogP contribution in [0, 0.1) is 5.82 Å². The Morgan fingerprint density at radius 3 is 2.43 bits per heavy atom. The Balaban J connectivity index is 2.24. The third-order valence-corrected chi connectivity index (χ3v) is 4.48. The SMILES string of the molecule is CNCc1ccc(F)cc1S(=O)(=O)NCc1ccccc1. The van der Waals surface area contributed by atoms with Gasteiger partial charge in [-0.2, -0.15) is 0 Å². The highest BCUT2D eigenvalue weighted by Crippen LogP contribution is 2.17. The molecule has 0 aliphatic rings. The monoisotopic (exact) mass is 308 g/mol. The summed E-state index contributed by atoms with van der Waals surface area (Å²) >= 11 is 0. The van der Waals surface area contributed by atoms with Crippen LogP contribution in [0.5, 0.6) is 0 Å². The van der Waals surface area contributed by atoms with E-state index >= 15 is 0 Å². The number of rotatable bonds is 6. The number of benzene rings is 2. The molecule has 0 aliphatic heterocycles. The average Bonchev–Trinajstić information content (AvgIpc) is 2.48. The van der Waals surface area contributed by atoms with Crippen molar-refractivity contribution in [1.82, 2.24) is 10.0 Å². The van der Waals surface area contributed by atoms with Gasteiger partial charge in [0, 0.05) is 13.1 Å². The van der Waals surface area contributed by atoms with Gasteiger partial charge in [-0.15, -0.1) is 0 Å². The second kappa shape index (κ2) is 6.80. The summed E-state index contributed by atoms with van der Waals surface area (Å²) in [7, 11) is -2.06. The van der Waals surface area contributed by atoms with Crippen LogP contribution >= 0.6 is 0 Å². The summed E-state index contributed by atoms with van der Waals surface area (Å²) in [5.41, 5.74) is 1.37. The van der Waals surface area contributed by atoms with Crippen LogP contribution in [0.15, 0.2) is 53.4 Å². The zero-order valence-corrected chi connectivity index (χ0v) is 12.5. The molecule has 6 heteroatoms. The normalized spacial score (nSPS) is 11.5. The Morgan fingerprint density at radius 1 is 1.05 bits per heavy atom. The number of hydrogen-bond acceptors (Lipinski definition) is 3. The van der Waals surface area contributed by atoms with E-state index in [0.29, 0.717) is 12.1 Å². The van der Waals surface area contributed by atoms with E-state index in [-0.39, 0.29) is 11.4 Å². The quantitative estimate of drug-likeness (QED) is 0.858. The highest BCUT2D eigenvalue weighted by molar-refractivity contribution is 7.89. The van der Waals surface area contributed by atoms with Crippen molar-refractivity contribution in [3.63, 3.8) is 0 Å². The molecule has 0 saturated heterocycles. The fourth-order valence-electron chi connectivity index (χ4n) is 1.97. The van der Waals surface area contributed by atoms with Crippen molar-refractivity contribution < 1.29 is 12.8 Å². The second-order valence-electron chi connectivity index (χ2n) is 4.59. The van der Waals surface area contributed by atoms with Crippen LogP contribution in [0.1, 0.15) is 11.1 Å². The summed E-state index contributed by atoms with van der Waals surface area (Å²) in [6.45, 7) is 0.514. The molecular weight excluding hydrogens is 291 g/mol. The lowest BCUT2D eigenvalue weighted by Crippen LogP contribution is -2.25. The van der Waals surface area contributed by atoms with E-state index in [1.807, 2.05) is 30.3 Å². The fourth-order valence-corrected chi connectivity index (χ4v) is 3.23. The first kappa shape index (κ1) is 15.6. The van der Waals surface area contributed by atoms with Crippen molar-refractivity contribution in [1.29, 1.82) is 0 Å². The predicted octanol–water partition coefficient (Wildman–Crippen LogP) is 2.02. The molecule has 21 heavy (non-hydrogen) atoms. The van der Waals surface area contributed by atoms with E-state index < -0.39 is 15.8 Å². The van der Waals surface area contributed by atoms with Gasteiger partial charge in [-0.1, -0.05) is 36.4 Å². The molecule has 0 bridgehead atoms. The van der Waals surface area contributed by atoms with Gasteiger partial charge >= 0.3 is 0 Å². The Kier molecular flexibility index (Phi) is 5.06. The van der Waals surface area contributed by atoms with E-state index in [1.165, 1.54) is 12.1 Å². The highest BCUT2D eigenvalue weighted by Gasteiger charge is 2.18. The van der Waals surface area contributed by atoms with E-state index in [2.05, 4.69) is 10.0 Å². The third-order valence-electron chi connectivity index (χ3n) is 3.00. The van der Waals surface area contributed by atoms with Gasteiger partial charge in [-0.25, -0.2) is 17.5 Å². The van der Waals surface area contributed by atoms with Gasteiger partial charge in [0.2, 0.25) is 10.0 Å². The minimum atomic E-state index is -3.76. The first-order valence-corrected chi connectivity index (χ1v) is 7.98. The van der Waals surface area contributed by atoms with Crippen LogP contribution in [0.4, 0.5) is 4.39 Å². The smallest absolute Gasteiger partial charge is 0.241 e. The molecule has 0 aliphatic carbocycles. The molecule has 2 N–H and O–H groups in total. The first-order valence-electron chi connectivity index (χ1n) is 6.49. The molecule has 2 rings (SSSR count). The molecule has 0 fully saturated rings. The van der Waals surface area contributed by atoms with Crippen molar-refractivity contribution in [3.05, 3.63) is 65.5 Å². The maximum absolute atomic E-state index is 13.4. The second-order valence-corrected chi connectivity index (χ2v) is 6.33. The van der Waals surface area contributed by atoms with Gasteiger partial charge in [-0.05, 0) is 30.3 Å². The third kappa shape index (κ3) is 4.10. The summed E-state index contributed by atoms with van der Waals surface area (Å²) in [5, 5.41) is 2.88. The number of halogens is 1. The molecule has 0 atom stereocenters. The minimum Gasteiger partial charge on any atom is -0.316 e. The maximum atomic E-state index is 13.4. The molecule has 0 heterocycles. The van der Waals surface area contributed by atoms with Crippen LogP contribution < -0.4 is 10.0 Å². The predicted molar refractivity (Wildman–Crippen MR) is 79.6 cm³/mol. The average molecular weight is 308 g/mol. The van der Waals surface area contributed by atoms with Crippen LogP contribution in [-0.4, -0.2) is 15.5 Å². The Bertz CT molecular complexity index is 703. The van der Waals surface area contributed by atoms with Crippen molar-refractivity contribution >= 4 is 10.0 Å². The van der Waals surface area contributed by atoms with E-state index in [1.54, 1.807) is 7.05 Å². The van der Waals surface area contributed by atoms with Crippen molar-refractivity contribution in [2.75, 3.05) is 7.05 Å². The summed E-state index contributed by atoms with van der Waals surface area (Å²) in [5.74, 6) is -0.574. The molecular formula is C15H17FN2O2S. The maximum Gasteiger partial charge on any atom is 0.241 e. The van der Waals surface area contributed by atoms with Gasteiger partial charge < -0.3 is 5.32 Å². The highest BCUT2D eigenvalue weighted by atomic mass is 32.2. The van der Waals surface area contributed by atoms with Crippen LogP contribution in [-0.2, 0) is 23.1 Å². The molecule has 112 valence electrons. The molecule has 0 saturated carbocycles. The van der Waals surface area contributed by atoms with Crippen molar-refractivity contribution in [3.8, 4) is 0 Å². The summed E-state index contributed by atoms with van der Waals surface area (Å²) in [6, 6.07) is 12.9. The standard InChI is InChI=1S/C15H17FN2O2S/c1-17-11-13-7-8-14(16)9-15(13)21(19,20)18-10-12-5-3-2-4-6-12/h2-9,17-18H,10-11H2,1H3. The lowest BCUT2D eigenvalue weighted by atomic mass is 10.2. The Hall–Kier alpha value is -1.76. The summed E-state index contributed by atoms with van der Waals surface area (Å²) in [6.07, 6.45) is 0. The lowest BCUT2D eigenvalue weighted by molar-refractivity contribution is 0.574. The summed E-state index contributed by atoms with van der Waals surface area (Å²) in [4.78, 5) is -0.0345. The lowest BCUT2D eigenvalue weighted by Gasteiger charge is -2.11. The van der Waals surface area contributed by atoms with Crippen LogP contribution in [0.3, 0.4) is 0 Å². The van der Waals surface area contributed by atoms with Crippen LogP contribution in [0.2, 0.25) is 0 Å². The molecule has 2 aromatic rings. The number of sulfonamides is 1. The number of hydrogen-bond donors (Lipinski definition) is 2. The van der Waals surface area contributed by atoms with Crippen molar-refractivity contribution in [2.45, 2.75) is 18.0 Å². The zero-order valence-electron chi connectivity index (χ0n) is 11.6. The van der Waals surface area contributed by atoms with E-state index in [0.717, 1.165) is 11.6 Å². The van der Waals surface area contributed by atoms with Crippen LogP contribution in [0.25, 0.3) is 0 Å². The van der Waals surface area contributed by atoms with Gasteiger partial charge in [0.25, 0.3) is 0 Å². The van der Waals surface area contributed by atoms with Crippen molar-refractivity contribution in [2.24, 2.45) is 0 Å². The van der Waals surface area contributed by atoms with Gasteiger partial charge in [0.05, 0.1) is 4.90 Å². The topological polar surface area (TPSA) is 58.2 Å².